The number of benzene rings is 5. The van der Waals surface area contributed by atoms with E-state index in [0.29, 0.717) is 86.1 Å². The van der Waals surface area contributed by atoms with Crippen LogP contribution in [0.25, 0.3) is 22.4 Å². The van der Waals surface area contributed by atoms with Crippen LogP contribution in [0.1, 0.15) is 69.1 Å². The number of carbonyl (C=O) groups is 1. The summed E-state index contributed by atoms with van der Waals surface area (Å²) < 4.78 is 120. The summed E-state index contributed by atoms with van der Waals surface area (Å²) in [6.07, 6.45) is 2.32. The molecule has 23 heteroatoms. The summed E-state index contributed by atoms with van der Waals surface area (Å²) >= 11 is 7.78. The average Bonchev–Trinajstić information content (AvgIpc) is 3.98. The van der Waals surface area contributed by atoms with Gasteiger partial charge in [-0.3, -0.25) is 13.8 Å². The molecule has 5 aromatic carbocycles. The van der Waals surface area contributed by atoms with E-state index in [4.69, 9.17) is 25.2 Å². The Hall–Kier alpha value is -5.27. The van der Waals surface area contributed by atoms with Gasteiger partial charge in [-0.25, -0.2) is 13.2 Å². The summed E-state index contributed by atoms with van der Waals surface area (Å²) in [6.45, 7) is 14.7. The average molecular weight is 1240 g/mol. The normalized spacial score (nSPS) is 18.1. The molecule has 0 spiro atoms. The molecule has 83 heavy (non-hydrogen) atoms. The minimum Gasteiger partial charge on any atom is -0.478 e. The van der Waals surface area contributed by atoms with E-state index in [0.717, 1.165) is 52.0 Å². The molecule has 0 amide bonds. The van der Waals surface area contributed by atoms with Crippen molar-refractivity contribution < 1.29 is 54.2 Å². The van der Waals surface area contributed by atoms with E-state index >= 15 is 4.57 Å². The van der Waals surface area contributed by atoms with Gasteiger partial charge in [0.2, 0.25) is 0 Å². The fraction of sp³-hybridized carbons (Fsp3) is 0.417. The second kappa shape index (κ2) is 26.6. The Balaban J connectivity index is 0.903. The highest BCUT2D eigenvalue weighted by molar-refractivity contribution is 7.99. The van der Waals surface area contributed by atoms with Crippen molar-refractivity contribution in [1.29, 1.82) is 0 Å². The number of nitrogens with one attached hydrogen (secondary N) is 1. The Labute approximate surface area is 494 Å². The third-order valence-corrected chi connectivity index (χ3v) is 23.3. The van der Waals surface area contributed by atoms with Crippen LogP contribution in [-0.2, 0) is 32.5 Å². The molecule has 446 valence electrons. The molecule has 15 nitrogen and oxygen atoms in total. The zero-order chi connectivity index (χ0) is 59.3. The van der Waals surface area contributed by atoms with Gasteiger partial charge < -0.3 is 43.3 Å². The first-order chi connectivity index (χ1) is 39.6. The molecular weight excluding hydrogens is 1170 g/mol. The number of rotatable bonds is 23. The van der Waals surface area contributed by atoms with Gasteiger partial charge in [-0.05, 0) is 163 Å². The Morgan fingerprint density at radius 3 is 2.08 bits per heavy atom. The Kier molecular flexibility index (Phi) is 19.9. The van der Waals surface area contributed by atoms with Gasteiger partial charge in [-0.2, -0.15) is 13.2 Å². The number of anilines is 4. The minimum absolute atomic E-state index is 0.0128. The molecule has 9 rings (SSSR count). The molecule has 4 heterocycles. The lowest BCUT2D eigenvalue weighted by Gasteiger charge is -2.37. The zero-order valence-electron chi connectivity index (χ0n) is 47.3. The van der Waals surface area contributed by atoms with Crippen molar-refractivity contribution >= 4 is 82.3 Å². The quantitative estimate of drug-likeness (QED) is 0.0460. The number of alkyl halides is 3. The first-order valence-electron chi connectivity index (χ1n) is 28.1. The molecule has 2 atom stereocenters. The maximum Gasteiger partial charge on any atom is 0.501 e. The summed E-state index contributed by atoms with van der Waals surface area (Å²) in [6, 6.07) is 35.3. The molecule has 3 aliphatic rings. The van der Waals surface area contributed by atoms with Gasteiger partial charge in [0.15, 0.2) is 0 Å². The summed E-state index contributed by atoms with van der Waals surface area (Å²) in [5.41, 5.74) is 0.402. The van der Waals surface area contributed by atoms with E-state index in [-0.39, 0.29) is 54.9 Å². The van der Waals surface area contributed by atoms with Gasteiger partial charge in [0.25, 0.3) is 9.84 Å². The van der Waals surface area contributed by atoms with Gasteiger partial charge in [-0.15, -0.1) is 11.8 Å². The second-order valence-electron chi connectivity index (χ2n) is 21.3. The number of carboxylic acid groups (broad SMARTS) is 1. The van der Waals surface area contributed by atoms with E-state index in [9.17, 15) is 36.1 Å². The third-order valence-electron chi connectivity index (χ3n) is 15.6. The molecule has 3 aliphatic heterocycles. The van der Waals surface area contributed by atoms with Crippen LogP contribution < -0.4 is 25.1 Å². The molecule has 0 aliphatic carbocycles. The number of thioether (sulfide) groups is 1. The number of piperidine rings is 1. The topological polar surface area (TPSA) is 163 Å². The minimum atomic E-state index is -5.98. The van der Waals surface area contributed by atoms with Crippen LogP contribution in [0.15, 0.2) is 131 Å². The number of hydrogen-bond acceptors (Lipinski definition) is 13. The lowest BCUT2D eigenvalue weighted by atomic mass is 9.96. The number of sulfone groups is 1. The van der Waals surface area contributed by atoms with Gasteiger partial charge in [0.1, 0.15) is 4.90 Å². The van der Waals surface area contributed by atoms with Gasteiger partial charge in [0.05, 0.1) is 54.8 Å². The van der Waals surface area contributed by atoms with Crippen LogP contribution in [-0.4, -0.2) is 125 Å². The van der Waals surface area contributed by atoms with Crippen molar-refractivity contribution in [3.63, 3.8) is 0 Å². The fourth-order valence-corrected chi connectivity index (χ4v) is 18.0. The van der Waals surface area contributed by atoms with Crippen molar-refractivity contribution in [3.05, 3.63) is 138 Å². The molecule has 1 unspecified atom stereocenters. The monoisotopic (exact) mass is 1240 g/mol. The summed E-state index contributed by atoms with van der Waals surface area (Å²) in [5, 5.41) is 14.2. The largest absolute Gasteiger partial charge is 0.501 e. The van der Waals surface area contributed by atoms with Crippen molar-refractivity contribution in [1.82, 2.24) is 9.47 Å². The molecule has 0 bridgehead atoms. The van der Waals surface area contributed by atoms with Crippen LogP contribution in [0.3, 0.4) is 0 Å². The number of aromatic carboxylic acids is 1. The van der Waals surface area contributed by atoms with Gasteiger partial charge >= 0.3 is 26.6 Å². The van der Waals surface area contributed by atoms with E-state index in [1.165, 1.54) is 28.6 Å². The van der Waals surface area contributed by atoms with Crippen LogP contribution in [0.4, 0.5) is 35.9 Å². The summed E-state index contributed by atoms with van der Waals surface area (Å²) in [7, 11) is -13.3. The Bertz CT molecular complexity index is 3430. The first-order valence-corrected chi connectivity index (χ1v) is 34.3. The highest BCUT2D eigenvalue weighted by atomic mass is 35.5. The number of carboxylic acids is 1. The lowest BCUT2D eigenvalue weighted by molar-refractivity contribution is -0.0435. The number of halogens is 4. The number of likely N-dealkylation sites (tertiary alicyclic amines) is 1. The molecule has 2 N–H and O–H groups in total. The summed E-state index contributed by atoms with van der Waals surface area (Å²) in [5.74, 6) is -0.474. The van der Waals surface area contributed by atoms with E-state index < -0.39 is 47.4 Å². The number of aromatic nitrogens is 1. The second-order valence-corrected chi connectivity index (χ2v) is 29.1. The third kappa shape index (κ3) is 14.0. The van der Waals surface area contributed by atoms with E-state index in [1.54, 1.807) is 38.1 Å². The lowest BCUT2D eigenvalue weighted by Crippen LogP contribution is -2.46. The molecule has 0 radical (unpaired) electrons. The van der Waals surface area contributed by atoms with Crippen LogP contribution in [0, 0.1) is 12.8 Å². The zero-order valence-corrected chi connectivity index (χ0v) is 51.4. The van der Waals surface area contributed by atoms with Crippen molar-refractivity contribution in [2.24, 2.45) is 5.92 Å². The predicted octanol–water partition coefficient (Wildman–Crippen LogP) is 14.0. The van der Waals surface area contributed by atoms with E-state index in [1.807, 2.05) is 99.6 Å². The van der Waals surface area contributed by atoms with Gasteiger partial charge in [-0.1, -0.05) is 54.1 Å². The smallest absolute Gasteiger partial charge is 0.478 e. The van der Waals surface area contributed by atoms with Crippen molar-refractivity contribution in [3.8, 4) is 22.4 Å². The predicted molar refractivity (Wildman–Crippen MR) is 328 cm³/mol. The number of hydrogen-bond donors (Lipinski definition) is 2. The fourth-order valence-electron chi connectivity index (χ4n) is 11.5. The van der Waals surface area contributed by atoms with Gasteiger partial charge in [0, 0.05) is 88.8 Å². The maximum atomic E-state index is 15.1. The SMILES string of the molecule is CCOP(=O)(CC1CCN(CCC(CSc2ccccc2)Nc2ccc([P@@]3(=O)OCCN3c3ccc(N4CCN(c5cccc(-c6c(C(=O)O)c(C)n(C(C)C)c6-c6ccc(Cl)cc6)c5)CC4)cc3)cc2S(=O)(=O)C(F)(F)F)CC1)OCC. The summed E-state index contributed by atoms with van der Waals surface area (Å²) in [4.78, 5) is 19.6. The molecular formula is C60H72ClF3N6O9P2S2. The maximum absolute atomic E-state index is 15.1. The van der Waals surface area contributed by atoms with Crippen molar-refractivity contribution in [2.45, 2.75) is 81.3 Å². The standard InChI is InChI=1S/C60H72ClF3N6O9P2S2/c1-6-77-80(73,78-7-2)40-44-26-29-66(30-27-44)31-28-48(41-82-53-14-9-8-10-15-53)65-54-25-24-52(39-55(54)83(75,76)60(62,63)64)81(74)69(36-37-79-81)50-22-20-49(21-23-50)67-32-34-68(35-33-67)51-13-11-12-46(38-51)57-56(59(71)72)43(5)70(42(3)4)58(57)45-16-18-47(61)19-17-45/h8-25,38-39,42,44,48,65H,6-7,26-37,40-41H2,1-5H3,(H,71,72)/t48?,81-/m1/s1. The highest BCUT2D eigenvalue weighted by Crippen LogP contribution is 2.56. The Morgan fingerprint density at radius 1 is 0.831 bits per heavy atom. The molecule has 3 fully saturated rings. The van der Waals surface area contributed by atoms with Crippen molar-refractivity contribution in [2.75, 3.05) is 104 Å². The van der Waals surface area contributed by atoms with E-state index in [2.05, 4.69) is 24.6 Å². The van der Waals surface area contributed by atoms with Crippen LogP contribution in [0.5, 0.6) is 0 Å². The Morgan fingerprint density at radius 2 is 1.47 bits per heavy atom. The number of nitrogens with zero attached hydrogens (tertiary/aromatic N) is 5. The molecule has 1 aromatic heterocycles. The highest BCUT2D eigenvalue weighted by Gasteiger charge is 2.50. The number of piperazine rings is 1. The molecule has 0 saturated carbocycles. The first kappa shape index (κ1) is 62.3. The molecule has 6 aromatic rings. The van der Waals surface area contributed by atoms with Crippen LogP contribution >= 0.6 is 38.5 Å². The molecule has 3 saturated heterocycles. The van der Waals surface area contributed by atoms with Crippen LogP contribution in [0.2, 0.25) is 5.02 Å².